The Hall–Kier alpha value is -0.320. The van der Waals surface area contributed by atoms with E-state index < -0.39 is 0 Å². The van der Waals surface area contributed by atoms with Crippen molar-refractivity contribution in [1.29, 1.82) is 0 Å². The number of hydrogen-bond donors (Lipinski definition) is 0. The van der Waals surface area contributed by atoms with E-state index in [1.54, 1.807) is 6.92 Å². The van der Waals surface area contributed by atoms with E-state index >= 15 is 0 Å². The zero-order valence-corrected chi connectivity index (χ0v) is 13.7. The molecule has 1 saturated heterocycles. The molecule has 0 N–H and O–H groups in total. The van der Waals surface area contributed by atoms with E-state index in [4.69, 9.17) is 0 Å². The van der Waals surface area contributed by atoms with Crippen molar-refractivity contribution in [2.45, 2.75) is 23.7 Å². The number of carbonyl (C=O) groups excluding carboxylic acids is 1. The van der Waals surface area contributed by atoms with Crippen molar-refractivity contribution in [3.05, 3.63) is 47.5 Å². The normalized spacial score (nSPS) is 22.4. The standard InChI is InChI=1S/C15H18OS3/c1-10(2)14(16)17-8-12-9-18-15(19-12)13-7-5-4-6-11(13)3/h4-7,12,15H,1,8-9H2,2-3H3. The first kappa shape index (κ1) is 15.1. The van der Waals surface area contributed by atoms with E-state index in [0.29, 0.717) is 15.4 Å². The fraction of sp³-hybridized carbons (Fsp3) is 0.400. The third-order valence-corrected chi connectivity index (χ3v) is 7.65. The quantitative estimate of drug-likeness (QED) is 0.751. The summed E-state index contributed by atoms with van der Waals surface area (Å²) in [5.41, 5.74) is 3.44. The van der Waals surface area contributed by atoms with Crippen LogP contribution >= 0.6 is 35.3 Å². The van der Waals surface area contributed by atoms with Gasteiger partial charge in [-0.15, -0.1) is 23.5 Å². The molecule has 1 aromatic carbocycles. The van der Waals surface area contributed by atoms with Crippen molar-refractivity contribution >= 4 is 40.4 Å². The second-order valence-corrected chi connectivity index (χ2v) is 8.50. The van der Waals surface area contributed by atoms with Gasteiger partial charge in [0.05, 0.1) is 4.58 Å². The molecule has 2 unspecified atom stereocenters. The summed E-state index contributed by atoms with van der Waals surface area (Å²) in [5, 5.41) is 0.688. The van der Waals surface area contributed by atoms with Crippen LogP contribution in [0.2, 0.25) is 0 Å². The minimum absolute atomic E-state index is 0.130. The lowest BCUT2D eigenvalue weighted by atomic mass is 10.1. The van der Waals surface area contributed by atoms with E-state index in [0.717, 1.165) is 11.5 Å². The predicted octanol–water partition coefficient (Wildman–Crippen LogP) is 4.68. The highest BCUT2D eigenvalue weighted by molar-refractivity contribution is 8.21. The van der Waals surface area contributed by atoms with Crippen LogP contribution in [0.25, 0.3) is 0 Å². The molecule has 1 nitrogen and oxygen atoms in total. The first-order valence-corrected chi connectivity index (χ1v) is 9.21. The summed E-state index contributed by atoms with van der Waals surface area (Å²) >= 11 is 5.40. The van der Waals surface area contributed by atoms with Gasteiger partial charge < -0.3 is 0 Å². The molecule has 1 fully saturated rings. The maximum atomic E-state index is 11.6. The Labute approximate surface area is 128 Å². The van der Waals surface area contributed by atoms with E-state index in [9.17, 15) is 4.79 Å². The van der Waals surface area contributed by atoms with Gasteiger partial charge in [-0.05, 0) is 30.5 Å². The van der Waals surface area contributed by atoms with Crippen molar-refractivity contribution in [3.63, 3.8) is 0 Å². The monoisotopic (exact) mass is 310 g/mol. The topological polar surface area (TPSA) is 17.1 Å². The lowest BCUT2D eigenvalue weighted by Crippen LogP contribution is -2.07. The molecule has 1 heterocycles. The van der Waals surface area contributed by atoms with Crippen molar-refractivity contribution < 1.29 is 4.79 Å². The first-order chi connectivity index (χ1) is 9.08. The Kier molecular flexibility index (Phi) is 5.48. The fourth-order valence-electron chi connectivity index (χ4n) is 1.84. The molecule has 0 bridgehead atoms. The maximum Gasteiger partial charge on any atom is 0.214 e. The summed E-state index contributed by atoms with van der Waals surface area (Å²) in [6, 6.07) is 8.58. The molecule has 1 aliphatic rings. The Balaban J connectivity index is 1.88. The van der Waals surface area contributed by atoms with Crippen molar-refractivity contribution in [3.8, 4) is 0 Å². The number of aryl methyl sites for hydroxylation is 1. The van der Waals surface area contributed by atoms with Crippen LogP contribution in [0.15, 0.2) is 36.4 Å². The van der Waals surface area contributed by atoms with E-state index in [1.165, 1.54) is 22.9 Å². The van der Waals surface area contributed by atoms with Crippen LogP contribution in [0.5, 0.6) is 0 Å². The van der Waals surface area contributed by atoms with Crippen molar-refractivity contribution in [2.75, 3.05) is 11.5 Å². The van der Waals surface area contributed by atoms with Gasteiger partial charge in [-0.25, -0.2) is 0 Å². The van der Waals surface area contributed by atoms with Gasteiger partial charge in [0.25, 0.3) is 0 Å². The molecule has 1 aliphatic heterocycles. The number of benzene rings is 1. The molecule has 1 aromatic rings. The summed E-state index contributed by atoms with van der Waals surface area (Å²) < 4.78 is 0.520. The van der Waals surface area contributed by atoms with Crippen molar-refractivity contribution in [2.24, 2.45) is 0 Å². The van der Waals surface area contributed by atoms with Gasteiger partial charge in [0.2, 0.25) is 5.12 Å². The van der Waals surface area contributed by atoms with Gasteiger partial charge in [0.1, 0.15) is 0 Å². The summed E-state index contributed by atoms with van der Waals surface area (Å²) in [6.45, 7) is 7.64. The molecule has 0 radical (unpaired) electrons. The lowest BCUT2D eigenvalue weighted by molar-refractivity contribution is -0.107. The fourth-order valence-corrected chi connectivity index (χ4v) is 6.49. The summed E-state index contributed by atoms with van der Waals surface area (Å²) in [6.07, 6.45) is 0. The lowest BCUT2D eigenvalue weighted by Gasteiger charge is -2.12. The average molecular weight is 311 g/mol. The number of carbonyl (C=O) groups is 1. The molecular formula is C15H18OS3. The molecule has 102 valence electrons. The SMILES string of the molecule is C=C(C)C(=O)SCC1CSC(c2ccccc2C)S1. The Morgan fingerprint density at radius 2 is 2.21 bits per heavy atom. The van der Waals surface area contributed by atoms with Crippen molar-refractivity contribution in [1.82, 2.24) is 0 Å². The Morgan fingerprint density at radius 3 is 2.89 bits per heavy atom. The van der Waals surface area contributed by atoms with Gasteiger partial charge in [0.15, 0.2) is 0 Å². The van der Waals surface area contributed by atoms with Gasteiger partial charge in [-0.3, -0.25) is 4.79 Å². The van der Waals surface area contributed by atoms with Crippen LogP contribution < -0.4 is 0 Å². The smallest absolute Gasteiger partial charge is 0.214 e. The molecule has 19 heavy (non-hydrogen) atoms. The van der Waals surface area contributed by atoms with E-state index in [2.05, 4.69) is 37.8 Å². The van der Waals surface area contributed by atoms with E-state index in [1.807, 2.05) is 23.5 Å². The van der Waals surface area contributed by atoms with Gasteiger partial charge in [-0.1, -0.05) is 42.6 Å². The highest BCUT2D eigenvalue weighted by Gasteiger charge is 2.28. The van der Waals surface area contributed by atoms with Crippen LogP contribution in [-0.4, -0.2) is 21.9 Å². The molecule has 0 aliphatic carbocycles. The number of thioether (sulfide) groups is 3. The molecule has 0 aromatic heterocycles. The highest BCUT2D eigenvalue weighted by atomic mass is 32.2. The molecule has 4 heteroatoms. The summed E-state index contributed by atoms with van der Waals surface area (Å²) in [5.74, 6) is 2.02. The zero-order chi connectivity index (χ0) is 13.8. The first-order valence-electron chi connectivity index (χ1n) is 6.23. The summed E-state index contributed by atoms with van der Waals surface area (Å²) in [4.78, 5) is 11.6. The number of rotatable bonds is 4. The van der Waals surface area contributed by atoms with Gasteiger partial charge >= 0.3 is 0 Å². The zero-order valence-electron chi connectivity index (χ0n) is 11.2. The van der Waals surface area contributed by atoms with Crippen LogP contribution in [0, 0.1) is 6.92 Å². The molecule has 2 atom stereocenters. The van der Waals surface area contributed by atoms with E-state index in [-0.39, 0.29) is 5.12 Å². The van der Waals surface area contributed by atoms with Crippen LogP contribution in [0.4, 0.5) is 0 Å². The maximum absolute atomic E-state index is 11.6. The molecule has 0 spiro atoms. The Bertz CT molecular complexity index is 484. The molecule has 0 amide bonds. The average Bonchev–Trinajstić information content (AvgIpc) is 2.85. The molecule has 2 rings (SSSR count). The van der Waals surface area contributed by atoms with Gasteiger partial charge in [-0.2, -0.15) is 0 Å². The second-order valence-electron chi connectivity index (χ2n) is 4.66. The van der Waals surface area contributed by atoms with Crippen LogP contribution in [0.3, 0.4) is 0 Å². The third-order valence-electron chi connectivity index (χ3n) is 2.94. The second kappa shape index (κ2) is 6.91. The predicted molar refractivity (Wildman–Crippen MR) is 90.0 cm³/mol. The molecular weight excluding hydrogens is 292 g/mol. The highest BCUT2D eigenvalue weighted by Crippen LogP contribution is 2.50. The summed E-state index contributed by atoms with van der Waals surface area (Å²) in [7, 11) is 0. The third kappa shape index (κ3) is 4.07. The minimum Gasteiger partial charge on any atom is -0.282 e. The van der Waals surface area contributed by atoms with Gasteiger partial charge in [0, 0.05) is 16.8 Å². The molecule has 0 saturated carbocycles. The largest absolute Gasteiger partial charge is 0.282 e. The minimum atomic E-state index is 0.130. The van der Waals surface area contributed by atoms with Crippen LogP contribution in [0.1, 0.15) is 22.6 Å². The van der Waals surface area contributed by atoms with Crippen LogP contribution in [-0.2, 0) is 4.79 Å². The Morgan fingerprint density at radius 1 is 1.47 bits per heavy atom. The number of hydrogen-bond acceptors (Lipinski definition) is 4.